The molecule has 0 aliphatic heterocycles. The first-order valence-corrected chi connectivity index (χ1v) is 8.05. The molecule has 1 amide bonds. The number of nitrogens with one attached hydrogen (secondary N) is 1. The lowest BCUT2D eigenvalue weighted by Crippen LogP contribution is -2.36. The van der Waals surface area contributed by atoms with E-state index in [4.69, 9.17) is 11.6 Å². The first-order chi connectivity index (χ1) is 11.9. The van der Waals surface area contributed by atoms with Crippen molar-refractivity contribution in [3.8, 4) is 0 Å². The fraction of sp³-hybridized carbons (Fsp3) is 0.167. The highest BCUT2D eigenvalue weighted by Crippen LogP contribution is 2.16. The molecule has 0 aliphatic carbocycles. The Balaban J connectivity index is 1.98. The van der Waals surface area contributed by atoms with Crippen LogP contribution in [0.15, 0.2) is 42.5 Å². The summed E-state index contributed by atoms with van der Waals surface area (Å²) in [6.45, 7) is 3.49. The Morgan fingerprint density at radius 3 is 2.56 bits per heavy atom. The third kappa shape index (κ3) is 3.21. The van der Waals surface area contributed by atoms with Gasteiger partial charge in [0.25, 0.3) is 5.52 Å². The molecule has 2 aromatic carbocycles. The van der Waals surface area contributed by atoms with E-state index in [0.29, 0.717) is 14.2 Å². The van der Waals surface area contributed by atoms with Gasteiger partial charge in [-0.15, -0.1) is 0 Å². The number of amides is 1. The van der Waals surface area contributed by atoms with Crippen molar-refractivity contribution in [2.24, 2.45) is 0 Å². The van der Waals surface area contributed by atoms with E-state index < -0.39 is 5.91 Å². The molecule has 3 rings (SSSR count). The van der Waals surface area contributed by atoms with Crippen molar-refractivity contribution in [2.75, 3.05) is 0 Å². The zero-order chi connectivity index (χ0) is 18.1. The van der Waals surface area contributed by atoms with Gasteiger partial charge in [-0.2, -0.15) is 0 Å². The summed E-state index contributed by atoms with van der Waals surface area (Å²) in [4.78, 5) is 25.1. The molecule has 0 aliphatic rings. The van der Waals surface area contributed by atoms with Gasteiger partial charge in [-0.3, -0.25) is 4.79 Å². The first-order valence-electron chi connectivity index (χ1n) is 7.67. The second-order valence-corrected chi connectivity index (χ2v) is 6.26. The fourth-order valence-corrected chi connectivity index (χ4v) is 2.76. The van der Waals surface area contributed by atoms with E-state index in [1.807, 2.05) is 6.92 Å². The summed E-state index contributed by atoms with van der Waals surface area (Å²) < 4.78 is 1.13. The van der Waals surface area contributed by atoms with E-state index in [1.165, 1.54) is 6.92 Å². The van der Waals surface area contributed by atoms with Crippen LogP contribution in [0, 0.1) is 24.0 Å². The third-order valence-electron chi connectivity index (χ3n) is 4.00. The number of aromatic nitrogens is 2. The molecule has 0 radical (unpaired) electrons. The molecule has 0 bridgehead atoms. The molecule has 0 spiro atoms. The maximum absolute atomic E-state index is 12.6. The van der Waals surface area contributed by atoms with Crippen LogP contribution in [0.25, 0.3) is 11.0 Å². The predicted molar refractivity (Wildman–Crippen MR) is 96.2 cm³/mol. The highest BCUT2D eigenvalue weighted by atomic mass is 35.5. The van der Waals surface area contributed by atoms with E-state index in [0.717, 1.165) is 11.1 Å². The average molecular weight is 358 g/mol. The summed E-state index contributed by atoms with van der Waals surface area (Å²) in [5.41, 5.74) is 1.90. The number of halogens is 1. The molecule has 7 heteroatoms. The number of hydrogen-bond acceptors (Lipinski definition) is 3. The Hall–Kier alpha value is -2.86. The molecular formula is C18H16ClN3O3. The topological polar surface area (TPSA) is 80.1 Å². The summed E-state index contributed by atoms with van der Waals surface area (Å²) in [6.07, 6.45) is 0. The maximum Gasteiger partial charge on any atom is 0.346 e. The van der Waals surface area contributed by atoms with Crippen molar-refractivity contribution in [3.05, 3.63) is 80.1 Å². The first kappa shape index (κ1) is 17.0. The molecular weight excluding hydrogens is 342 g/mol. The monoisotopic (exact) mass is 357 g/mol. The number of rotatable bonds is 3. The second kappa shape index (κ2) is 6.57. The van der Waals surface area contributed by atoms with Crippen LogP contribution in [0.5, 0.6) is 0 Å². The number of carbonyl (C=O) groups is 1. The molecule has 6 nitrogen and oxygen atoms in total. The normalized spacial score (nSPS) is 10.8. The van der Waals surface area contributed by atoms with Gasteiger partial charge < -0.3 is 15.3 Å². The minimum atomic E-state index is -0.601. The van der Waals surface area contributed by atoms with E-state index in [9.17, 15) is 14.9 Å². The zero-order valence-electron chi connectivity index (χ0n) is 13.7. The molecule has 1 aromatic heterocycles. The average Bonchev–Trinajstić information content (AvgIpc) is 2.59. The zero-order valence-corrected chi connectivity index (χ0v) is 14.5. The van der Waals surface area contributed by atoms with Gasteiger partial charge in [-0.25, -0.2) is 0 Å². The molecule has 3 aromatic rings. The van der Waals surface area contributed by atoms with E-state index >= 15 is 0 Å². The lowest BCUT2D eigenvalue weighted by atomic mass is 10.2. The lowest BCUT2D eigenvalue weighted by Gasteiger charge is -2.16. The molecule has 0 saturated heterocycles. The molecule has 0 saturated carbocycles. The summed E-state index contributed by atoms with van der Waals surface area (Å²) in [5.74, 6) is -0.601. The molecule has 128 valence electrons. The predicted octanol–water partition coefficient (Wildman–Crippen LogP) is 3.10. The largest absolute Gasteiger partial charge is 0.805 e. The van der Waals surface area contributed by atoms with Crippen molar-refractivity contribution < 1.29 is 9.22 Å². The van der Waals surface area contributed by atoms with Crippen molar-refractivity contribution in [1.82, 2.24) is 10.0 Å². The van der Waals surface area contributed by atoms with Gasteiger partial charge in [0.2, 0.25) is 0 Å². The van der Waals surface area contributed by atoms with Crippen molar-refractivity contribution in [3.63, 3.8) is 0 Å². The van der Waals surface area contributed by atoms with E-state index in [1.54, 1.807) is 42.5 Å². The van der Waals surface area contributed by atoms with Crippen molar-refractivity contribution in [2.45, 2.75) is 20.4 Å². The van der Waals surface area contributed by atoms with Crippen LogP contribution in [-0.2, 0) is 6.54 Å². The molecule has 25 heavy (non-hydrogen) atoms. The van der Waals surface area contributed by atoms with Crippen LogP contribution < -0.4 is 9.74 Å². The van der Waals surface area contributed by atoms with Crippen LogP contribution in [0.1, 0.15) is 27.3 Å². The smallest absolute Gasteiger partial charge is 0.346 e. The van der Waals surface area contributed by atoms with Gasteiger partial charge >= 0.3 is 11.6 Å². The quantitative estimate of drug-likeness (QED) is 0.731. The molecule has 0 fully saturated rings. The van der Waals surface area contributed by atoms with E-state index in [2.05, 4.69) is 5.32 Å². The minimum Gasteiger partial charge on any atom is -0.805 e. The third-order valence-corrected chi connectivity index (χ3v) is 4.25. The Labute approximate surface area is 148 Å². The second-order valence-electron chi connectivity index (χ2n) is 5.82. The summed E-state index contributed by atoms with van der Waals surface area (Å²) >= 11 is 5.83. The van der Waals surface area contributed by atoms with Crippen LogP contribution in [0.2, 0.25) is 5.02 Å². The van der Waals surface area contributed by atoms with Gasteiger partial charge in [0.05, 0.1) is 10.1 Å². The minimum absolute atomic E-state index is 0.0555. The summed E-state index contributed by atoms with van der Waals surface area (Å²) in [6, 6.07) is 11.9. The lowest BCUT2D eigenvalue weighted by molar-refractivity contribution is -0.468. The Morgan fingerprint density at radius 2 is 1.88 bits per heavy atom. The number of aryl methyl sites for hydroxylation is 1. The van der Waals surface area contributed by atoms with Crippen molar-refractivity contribution in [1.29, 1.82) is 0 Å². The number of hydrogen-bond donors (Lipinski definition) is 1. The van der Waals surface area contributed by atoms with Gasteiger partial charge in [-0.05, 0) is 43.2 Å². The van der Waals surface area contributed by atoms with Crippen molar-refractivity contribution >= 4 is 28.5 Å². The molecule has 0 atom stereocenters. The number of carbonyl (C=O) groups excluding carboxylic acids is 1. The van der Waals surface area contributed by atoms with Crippen LogP contribution in [0.3, 0.4) is 0 Å². The summed E-state index contributed by atoms with van der Waals surface area (Å²) in [5, 5.41) is 15.7. The van der Waals surface area contributed by atoms with Gasteiger partial charge in [0.15, 0.2) is 0 Å². The molecule has 1 heterocycles. The SMILES string of the molecule is Cc1ccc2c(c1)[n+](=O)c(C(=O)NCc1ccc(Cl)cc1)c(C)n2[O-]. The number of nitrogens with zero attached hydrogens (tertiary/aromatic N) is 2. The Kier molecular flexibility index (Phi) is 4.46. The Morgan fingerprint density at radius 1 is 1.20 bits per heavy atom. The highest BCUT2D eigenvalue weighted by molar-refractivity contribution is 6.30. The van der Waals surface area contributed by atoms with Gasteiger partial charge in [0.1, 0.15) is 5.52 Å². The van der Waals surface area contributed by atoms with Crippen LogP contribution in [-0.4, -0.2) is 10.6 Å². The summed E-state index contributed by atoms with van der Waals surface area (Å²) in [7, 11) is 0. The molecule has 0 unspecified atom stereocenters. The maximum atomic E-state index is 12.6. The van der Waals surface area contributed by atoms with Gasteiger partial charge in [-0.1, -0.05) is 29.8 Å². The Bertz CT molecular complexity index is 1030. The molecule has 1 N–H and O–H groups in total. The fourth-order valence-electron chi connectivity index (χ4n) is 2.64. The van der Waals surface area contributed by atoms with E-state index in [-0.39, 0.29) is 29.0 Å². The van der Waals surface area contributed by atoms with Crippen LogP contribution in [0.4, 0.5) is 0 Å². The van der Waals surface area contributed by atoms with Gasteiger partial charge in [0, 0.05) is 22.5 Å². The number of fused-ring (bicyclic) bond motifs is 1. The highest BCUT2D eigenvalue weighted by Gasteiger charge is 2.26. The van der Waals surface area contributed by atoms with Crippen LogP contribution >= 0.6 is 11.6 Å². The number of benzene rings is 2. The standard InChI is InChI=1S/C18H16ClN3O3/c1-11-3-8-15-16(9-11)22(25)17(12(2)21(15)24)18(23)20-10-13-4-6-14(19)7-5-13/h3-9H,10H2,1-2H3,(H,20,23).